The molecule has 3 heteroatoms. The van der Waals surface area contributed by atoms with Crippen LogP contribution in [-0.2, 0) is 4.74 Å². The second kappa shape index (κ2) is 11.2. The number of carboxylic acid groups (broad SMARTS) is 1. The van der Waals surface area contributed by atoms with Crippen molar-refractivity contribution in [1.29, 1.82) is 0 Å². The van der Waals surface area contributed by atoms with Gasteiger partial charge < -0.3 is 9.84 Å². The molecule has 1 atom stereocenters. The molecule has 3 nitrogen and oxygen atoms in total. The third-order valence-corrected chi connectivity index (χ3v) is 3.85. The Kier molecular flexibility index (Phi) is 9.34. The lowest BCUT2D eigenvalue weighted by Gasteiger charge is -2.17. The van der Waals surface area contributed by atoms with Gasteiger partial charge in [-0.15, -0.1) is 0 Å². The van der Waals surface area contributed by atoms with E-state index < -0.39 is 6.16 Å². The highest BCUT2D eigenvalue weighted by Gasteiger charge is 2.11. The van der Waals surface area contributed by atoms with Crippen LogP contribution in [0.2, 0.25) is 0 Å². The van der Waals surface area contributed by atoms with E-state index >= 15 is 0 Å². The van der Waals surface area contributed by atoms with E-state index in [2.05, 4.69) is 35.9 Å². The molecule has 0 heterocycles. The Bertz CT molecular complexity index is 375. The number of benzene rings is 1. The smallest absolute Gasteiger partial charge is 0.450 e. The van der Waals surface area contributed by atoms with Crippen molar-refractivity contribution in [3.63, 3.8) is 0 Å². The average molecular weight is 292 g/mol. The van der Waals surface area contributed by atoms with Gasteiger partial charge in [-0.25, -0.2) is 4.79 Å². The first-order valence-electron chi connectivity index (χ1n) is 8.14. The standard InChI is InChI=1S/C18H28O3/c1-2-3-4-5-7-11-17(14-10-15-21-18(19)20)16-12-8-6-9-13-16/h6,8-9,12-13,17H,2-5,7,10-11,14-15H2,1H3,(H,19,20). The molecule has 0 bridgehead atoms. The lowest BCUT2D eigenvalue weighted by Crippen LogP contribution is -2.05. The molecule has 0 aliphatic carbocycles. The maximum atomic E-state index is 10.4. The summed E-state index contributed by atoms with van der Waals surface area (Å²) in [5, 5.41) is 8.50. The molecule has 0 aliphatic heterocycles. The zero-order valence-electron chi connectivity index (χ0n) is 13.1. The molecule has 1 aromatic rings. The van der Waals surface area contributed by atoms with Crippen LogP contribution in [0.15, 0.2) is 30.3 Å². The minimum Gasteiger partial charge on any atom is -0.450 e. The summed E-state index contributed by atoms with van der Waals surface area (Å²) >= 11 is 0. The van der Waals surface area contributed by atoms with Gasteiger partial charge >= 0.3 is 6.16 Å². The first-order valence-corrected chi connectivity index (χ1v) is 8.14. The number of unbranched alkanes of at least 4 members (excludes halogenated alkanes) is 4. The van der Waals surface area contributed by atoms with E-state index in [1.807, 2.05) is 6.07 Å². The molecule has 21 heavy (non-hydrogen) atoms. The summed E-state index contributed by atoms with van der Waals surface area (Å²) in [6, 6.07) is 10.5. The maximum Gasteiger partial charge on any atom is 0.505 e. The quantitative estimate of drug-likeness (QED) is 0.426. The van der Waals surface area contributed by atoms with Crippen LogP contribution in [0.4, 0.5) is 4.79 Å². The second-order valence-corrected chi connectivity index (χ2v) is 5.57. The molecule has 118 valence electrons. The minimum absolute atomic E-state index is 0.300. The Balaban J connectivity index is 2.37. The summed E-state index contributed by atoms with van der Waals surface area (Å²) in [4.78, 5) is 10.4. The summed E-state index contributed by atoms with van der Waals surface area (Å²) < 4.78 is 4.60. The zero-order valence-corrected chi connectivity index (χ0v) is 13.1. The monoisotopic (exact) mass is 292 g/mol. The molecule has 1 rings (SSSR count). The SMILES string of the molecule is CCCCCCCC(CCCOC(=O)O)c1ccccc1. The lowest BCUT2D eigenvalue weighted by molar-refractivity contribution is 0.0895. The first-order chi connectivity index (χ1) is 10.2. The molecular formula is C18H28O3. The van der Waals surface area contributed by atoms with E-state index in [1.54, 1.807) is 0 Å². The Labute approximate surface area is 128 Å². The molecule has 0 aliphatic rings. The van der Waals surface area contributed by atoms with E-state index in [-0.39, 0.29) is 0 Å². The van der Waals surface area contributed by atoms with E-state index in [4.69, 9.17) is 5.11 Å². The topological polar surface area (TPSA) is 46.5 Å². The molecule has 1 N–H and O–H groups in total. The number of carbonyl (C=O) groups is 1. The number of hydrogen-bond donors (Lipinski definition) is 1. The van der Waals surface area contributed by atoms with Crippen molar-refractivity contribution < 1.29 is 14.6 Å². The van der Waals surface area contributed by atoms with Gasteiger partial charge in [-0.2, -0.15) is 0 Å². The van der Waals surface area contributed by atoms with Crippen LogP contribution < -0.4 is 0 Å². The predicted octanol–water partition coefficient (Wildman–Crippen LogP) is 5.61. The summed E-state index contributed by atoms with van der Waals surface area (Å²) in [5.41, 5.74) is 1.36. The van der Waals surface area contributed by atoms with E-state index in [0.29, 0.717) is 12.5 Å². The normalized spacial score (nSPS) is 12.0. The fraction of sp³-hybridized carbons (Fsp3) is 0.611. The van der Waals surface area contributed by atoms with Crippen LogP contribution in [0.1, 0.15) is 69.8 Å². The molecule has 0 radical (unpaired) electrons. The van der Waals surface area contributed by atoms with Crippen LogP contribution >= 0.6 is 0 Å². The van der Waals surface area contributed by atoms with Crippen LogP contribution in [0, 0.1) is 0 Å². The van der Waals surface area contributed by atoms with Crippen LogP contribution in [0.3, 0.4) is 0 Å². The Morgan fingerprint density at radius 1 is 1.05 bits per heavy atom. The Morgan fingerprint density at radius 3 is 2.38 bits per heavy atom. The van der Waals surface area contributed by atoms with Crippen molar-refractivity contribution in [1.82, 2.24) is 0 Å². The van der Waals surface area contributed by atoms with Crippen molar-refractivity contribution in [2.24, 2.45) is 0 Å². The fourth-order valence-corrected chi connectivity index (χ4v) is 2.69. The van der Waals surface area contributed by atoms with Gasteiger partial charge in [0.05, 0.1) is 6.61 Å². The van der Waals surface area contributed by atoms with Crippen molar-refractivity contribution in [3.8, 4) is 0 Å². The van der Waals surface area contributed by atoms with Crippen LogP contribution in [0.25, 0.3) is 0 Å². The molecule has 0 fully saturated rings. The van der Waals surface area contributed by atoms with Crippen molar-refractivity contribution in [2.75, 3.05) is 6.61 Å². The average Bonchev–Trinajstić information content (AvgIpc) is 2.49. The molecule has 0 saturated carbocycles. The maximum absolute atomic E-state index is 10.4. The van der Waals surface area contributed by atoms with Gasteiger partial charge in [0.15, 0.2) is 0 Å². The number of rotatable bonds is 11. The van der Waals surface area contributed by atoms with Gasteiger partial charge in [0, 0.05) is 0 Å². The number of hydrogen-bond acceptors (Lipinski definition) is 2. The Morgan fingerprint density at radius 2 is 1.71 bits per heavy atom. The summed E-state index contributed by atoms with van der Waals surface area (Å²) in [6.45, 7) is 2.53. The third-order valence-electron chi connectivity index (χ3n) is 3.85. The van der Waals surface area contributed by atoms with Crippen molar-refractivity contribution in [2.45, 2.75) is 64.2 Å². The third kappa shape index (κ3) is 8.38. The summed E-state index contributed by atoms with van der Waals surface area (Å²) in [6.07, 6.45) is 8.25. The summed E-state index contributed by atoms with van der Waals surface area (Å²) in [7, 11) is 0. The van der Waals surface area contributed by atoms with Gasteiger partial charge in [-0.1, -0.05) is 69.4 Å². The molecule has 0 amide bonds. The lowest BCUT2D eigenvalue weighted by atomic mass is 9.89. The molecule has 0 spiro atoms. The van der Waals surface area contributed by atoms with E-state index in [9.17, 15) is 4.79 Å². The van der Waals surface area contributed by atoms with E-state index in [0.717, 1.165) is 12.8 Å². The highest BCUT2D eigenvalue weighted by atomic mass is 16.7. The molecule has 0 aromatic heterocycles. The molecule has 0 saturated heterocycles. The Hall–Kier alpha value is -1.51. The van der Waals surface area contributed by atoms with Crippen molar-refractivity contribution in [3.05, 3.63) is 35.9 Å². The highest BCUT2D eigenvalue weighted by molar-refractivity contribution is 5.56. The second-order valence-electron chi connectivity index (χ2n) is 5.57. The number of ether oxygens (including phenoxy) is 1. The van der Waals surface area contributed by atoms with Crippen molar-refractivity contribution >= 4 is 6.16 Å². The van der Waals surface area contributed by atoms with E-state index in [1.165, 1.54) is 44.1 Å². The predicted molar refractivity (Wildman–Crippen MR) is 85.8 cm³/mol. The summed E-state index contributed by atoms with van der Waals surface area (Å²) in [5.74, 6) is 0.519. The zero-order chi connectivity index (χ0) is 15.3. The van der Waals surface area contributed by atoms with Gasteiger partial charge in [-0.05, 0) is 30.7 Å². The van der Waals surface area contributed by atoms with Gasteiger partial charge in [0.25, 0.3) is 0 Å². The van der Waals surface area contributed by atoms with Gasteiger partial charge in [0.1, 0.15) is 0 Å². The minimum atomic E-state index is -1.18. The molecular weight excluding hydrogens is 264 g/mol. The molecule has 1 aromatic carbocycles. The molecule has 1 unspecified atom stereocenters. The fourth-order valence-electron chi connectivity index (χ4n) is 2.69. The first kappa shape index (κ1) is 17.5. The largest absolute Gasteiger partial charge is 0.505 e. The van der Waals surface area contributed by atoms with Crippen LogP contribution in [0.5, 0.6) is 0 Å². The van der Waals surface area contributed by atoms with Gasteiger partial charge in [-0.3, -0.25) is 0 Å². The highest BCUT2D eigenvalue weighted by Crippen LogP contribution is 2.27. The van der Waals surface area contributed by atoms with Crippen LogP contribution in [-0.4, -0.2) is 17.9 Å². The van der Waals surface area contributed by atoms with Gasteiger partial charge in [0.2, 0.25) is 0 Å².